The van der Waals surface area contributed by atoms with Gasteiger partial charge in [0.1, 0.15) is 5.69 Å². The number of nitro benzene ring substituents is 1. The molecule has 0 fully saturated rings. The average molecular weight is 322 g/mol. The van der Waals surface area contributed by atoms with Gasteiger partial charge in [0, 0.05) is 24.2 Å². The highest BCUT2D eigenvalue weighted by molar-refractivity contribution is 5.93. The predicted octanol–water partition coefficient (Wildman–Crippen LogP) is 2.91. The molecular formula is C17H14N4O3. The normalized spacial score (nSPS) is 10.3. The van der Waals surface area contributed by atoms with Crippen LogP contribution in [0, 0.1) is 10.1 Å². The molecule has 7 heteroatoms. The summed E-state index contributed by atoms with van der Waals surface area (Å²) in [4.78, 5) is 22.3. The third-order valence-corrected chi connectivity index (χ3v) is 3.49. The summed E-state index contributed by atoms with van der Waals surface area (Å²) < 4.78 is 0. The fourth-order valence-corrected chi connectivity index (χ4v) is 2.21. The fraction of sp³-hybridized carbons (Fsp3) is 0.0588. The van der Waals surface area contributed by atoms with E-state index in [4.69, 9.17) is 0 Å². The zero-order chi connectivity index (χ0) is 16.9. The Kier molecular flexibility index (Phi) is 4.33. The van der Waals surface area contributed by atoms with E-state index in [-0.39, 0.29) is 11.6 Å². The van der Waals surface area contributed by atoms with Crippen LogP contribution in [-0.4, -0.2) is 21.0 Å². The number of amides is 1. The number of benzene rings is 2. The van der Waals surface area contributed by atoms with E-state index in [9.17, 15) is 14.9 Å². The molecule has 1 heterocycles. The van der Waals surface area contributed by atoms with Gasteiger partial charge in [-0.2, -0.15) is 5.10 Å². The summed E-state index contributed by atoms with van der Waals surface area (Å²) in [6.45, 7) is 0.422. The average Bonchev–Trinajstić information content (AvgIpc) is 3.11. The number of nitrogens with zero attached hydrogens (tertiary/aromatic N) is 2. The Morgan fingerprint density at radius 1 is 1.12 bits per heavy atom. The number of aromatic amines is 1. The van der Waals surface area contributed by atoms with Crippen LogP contribution >= 0.6 is 0 Å². The Morgan fingerprint density at radius 3 is 2.50 bits per heavy atom. The van der Waals surface area contributed by atoms with E-state index in [1.165, 1.54) is 12.1 Å². The second-order valence-corrected chi connectivity index (χ2v) is 5.14. The number of aromatic nitrogens is 2. The minimum atomic E-state index is -0.462. The maximum Gasteiger partial charge on any atom is 0.269 e. The molecule has 24 heavy (non-hydrogen) atoms. The molecule has 3 rings (SSSR count). The van der Waals surface area contributed by atoms with Crippen LogP contribution in [0.2, 0.25) is 0 Å². The summed E-state index contributed by atoms with van der Waals surface area (Å²) in [6.07, 6.45) is 0. The van der Waals surface area contributed by atoms with E-state index in [0.717, 1.165) is 5.56 Å². The first-order chi connectivity index (χ1) is 11.6. The molecule has 7 nitrogen and oxygen atoms in total. The lowest BCUT2D eigenvalue weighted by molar-refractivity contribution is -0.384. The van der Waals surface area contributed by atoms with Gasteiger partial charge in [0.15, 0.2) is 0 Å². The van der Waals surface area contributed by atoms with Crippen molar-refractivity contribution in [1.29, 1.82) is 0 Å². The monoisotopic (exact) mass is 322 g/mol. The van der Waals surface area contributed by atoms with E-state index in [1.54, 1.807) is 18.2 Å². The second kappa shape index (κ2) is 6.74. The van der Waals surface area contributed by atoms with E-state index in [1.807, 2.05) is 30.3 Å². The van der Waals surface area contributed by atoms with Gasteiger partial charge in [-0.3, -0.25) is 20.0 Å². The first-order valence-corrected chi connectivity index (χ1v) is 7.26. The zero-order valence-corrected chi connectivity index (χ0v) is 12.6. The molecule has 2 N–H and O–H groups in total. The summed E-state index contributed by atoms with van der Waals surface area (Å²) in [5.74, 6) is -0.264. The van der Waals surface area contributed by atoms with Crippen molar-refractivity contribution < 1.29 is 9.72 Å². The van der Waals surface area contributed by atoms with Gasteiger partial charge in [0.25, 0.3) is 11.6 Å². The predicted molar refractivity (Wildman–Crippen MR) is 88.3 cm³/mol. The third-order valence-electron chi connectivity index (χ3n) is 3.49. The van der Waals surface area contributed by atoms with Crippen LogP contribution in [0.3, 0.4) is 0 Å². The lowest BCUT2D eigenvalue weighted by atomic mass is 10.1. The molecule has 0 bridgehead atoms. The summed E-state index contributed by atoms with van der Waals surface area (Å²) in [5.41, 5.74) is 2.59. The zero-order valence-electron chi connectivity index (χ0n) is 12.6. The first kappa shape index (κ1) is 15.4. The number of H-pyrrole nitrogens is 1. The van der Waals surface area contributed by atoms with E-state index in [2.05, 4.69) is 15.5 Å². The van der Waals surface area contributed by atoms with Gasteiger partial charge in [-0.15, -0.1) is 0 Å². The molecule has 0 unspecified atom stereocenters. The quantitative estimate of drug-likeness (QED) is 0.557. The summed E-state index contributed by atoms with van der Waals surface area (Å²) in [7, 11) is 0. The van der Waals surface area contributed by atoms with Crippen LogP contribution in [0.4, 0.5) is 5.69 Å². The summed E-state index contributed by atoms with van der Waals surface area (Å²) in [6, 6.07) is 17.2. The largest absolute Gasteiger partial charge is 0.347 e. The maximum absolute atomic E-state index is 12.1. The minimum Gasteiger partial charge on any atom is -0.347 e. The standard InChI is InChI=1S/C17H14N4O3/c22-17(18-11-12-4-2-1-3-5-12)16-10-15(19-20-16)13-6-8-14(9-7-13)21(23)24/h1-10H,11H2,(H,18,22)(H,19,20). The smallest absolute Gasteiger partial charge is 0.269 e. The van der Waals surface area contributed by atoms with Gasteiger partial charge in [-0.1, -0.05) is 30.3 Å². The first-order valence-electron chi connectivity index (χ1n) is 7.26. The Bertz CT molecular complexity index is 857. The highest BCUT2D eigenvalue weighted by Crippen LogP contribution is 2.21. The maximum atomic E-state index is 12.1. The Balaban J connectivity index is 1.68. The van der Waals surface area contributed by atoms with Gasteiger partial charge in [-0.05, 0) is 23.8 Å². The second-order valence-electron chi connectivity index (χ2n) is 5.14. The van der Waals surface area contributed by atoms with E-state index in [0.29, 0.717) is 23.5 Å². The van der Waals surface area contributed by atoms with Crippen molar-refractivity contribution in [2.75, 3.05) is 0 Å². The molecule has 0 aliphatic rings. The van der Waals surface area contributed by atoms with Crippen molar-refractivity contribution >= 4 is 11.6 Å². The number of carbonyl (C=O) groups is 1. The van der Waals surface area contributed by atoms with Crippen LogP contribution < -0.4 is 5.32 Å². The van der Waals surface area contributed by atoms with Gasteiger partial charge < -0.3 is 5.32 Å². The highest BCUT2D eigenvalue weighted by atomic mass is 16.6. The van der Waals surface area contributed by atoms with Crippen LogP contribution in [0.25, 0.3) is 11.3 Å². The van der Waals surface area contributed by atoms with Crippen molar-refractivity contribution in [3.8, 4) is 11.3 Å². The number of nitrogens with one attached hydrogen (secondary N) is 2. The molecule has 0 saturated heterocycles. The number of rotatable bonds is 5. The van der Waals surface area contributed by atoms with Crippen molar-refractivity contribution in [2.24, 2.45) is 0 Å². The number of carbonyl (C=O) groups excluding carboxylic acids is 1. The van der Waals surface area contributed by atoms with Crippen LogP contribution in [-0.2, 0) is 6.54 Å². The Morgan fingerprint density at radius 2 is 1.83 bits per heavy atom. The van der Waals surface area contributed by atoms with Gasteiger partial charge >= 0.3 is 0 Å². The Labute approximate surface area is 137 Å². The molecule has 3 aromatic rings. The minimum absolute atomic E-state index is 0.00936. The molecule has 0 atom stereocenters. The molecule has 2 aromatic carbocycles. The topological polar surface area (TPSA) is 101 Å². The number of hydrogen-bond acceptors (Lipinski definition) is 4. The molecule has 1 aromatic heterocycles. The van der Waals surface area contributed by atoms with E-state index >= 15 is 0 Å². The molecule has 120 valence electrons. The molecule has 1 amide bonds. The Hall–Kier alpha value is -3.48. The molecule has 0 saturated carbocycles. The lowest BCUT2D eigenvalue weighted by Crippen LogP contribution is -2.23. The number of non-ortho nitro benzene ring substituents is 1. The van der Waals surface area contributed by atoms with Crippen LogP contribution in [0.5, 0.6) is 0 Å². The van der Waals surface area contributed by atoms with Gasteiger partial charge in [-0.25, -0.2) is 0 Å². The van der Waals surface area contributed by atoms with Crippen LogP contribution in [0.1, 0.15) is 16.1 Å². The van der Waals surface area contributed by atoms with Gasteiger partial charge in [0.05, 0.1) is 10.6 Å². The fourth-order valence-electron chi connectivity index (χ4n) is 2.21. The summed E-state index contributed by atoms with van der Waals surface area (Å²) in [5, 5.41) is 20.2. The van der Waals surface area contributed by atoms with Crippen molar-refractivity contribution in [3.05, 3.63) is 82.0 Å². The third kappa shape index (κ3) is 3.46. The SMILES string of the molecule is O=C(NCc1ccccc1)c1cc(-c2ccc([N+](=O)[O-])cc2)n[nH]1. The molecular weight excluding hydrogens is 308 g/mol. The van der Waals surface area contributed by atoms with Crippen molar-refractivity contribution in [1.82, 2.24) is 15.5 Å². The van der Waals surface area contributed by atoms with Crippen molar-refractivity contribution in [2.45, 2.75) is 6.54 Å². The highest BCUT2D eigenvalue weighted by Gasteiger charge is 2.12. The number of nitro groups is 1. The van der Waals surface area contributed by atoms with E-state index < -0.39 is 4.92 Å². The van der Waals surface area contributed by atoms with Crippen molar-refractivity contribution in [3.63, 3.8) is 0 Å². The molecule has 0 aliphatic heterocycles. The summed E-state index contributed by atoms with van der Waals surface area (Å²) >= 11 is 0. The molecule has 0 radical (unpaired) electrons. The van der Waals surface area contributed by atoms with Crippen LogP contribution in [0.15, 0.2) is 60.7 Å². The molecule has 0 aliphatic carbocycles. The molecule has 0 spiro atoms. The number of hydrogen-bond donors (Lipinski definition) is 2. The van der Waals surface area contributed by atoms with Gasteiger partial charge in [0.2, 0.25) is 0 Å². The lowest BCUT2D eigenvalue weighted by Gasteiger charge is -2.02.